The molecular formula is C6H12O3. The molecule has 3 nitrogen and oxygen atoms in total. The summed E-state index contributed by atoms with van der Waals surface area (Å²) in [4.78, 5) is 10.0. The van der Waals surface area contributed by atoms with Crippen LogP contribution in [0.3, 0.4) is 0 Å². The predicted octanol–water partition coefficient (Wildman–Crippen LogP) is 0.478. The van der Waals surface area contributed by atoms with Gasteiger partial charge in [0.15, 0.2) is 0 Å². The van der Waals surface area contributed by atoms with Gasteiger partial charge in [-0.05, 0) is 12.8 Å². The number of carbonyl (C=O) groups is 1. The van der Waals surface area contributed by atoms with Crippen molar-refractivity contribution in [3.05, 3.63) is 0 Å². The van der Waals surface area contributed by atoms with Gasteiger partial charge >= 0.3 is 5.97 Å². The highest BCUT2D eigenvalue weighted by atomic mass is 16.4. The van der Waals surface area contributed by atoms with E-state index in [9.17, 15) is 4.79 Å². The fourth-order valence-electron chi connectivity index (χ4n) is 0.446. The number of aliphatic carboxylic acids is 1. The minimum absolute atomic E-state index is 0.0394. The maximum atomic E-state index is 10.0. The molecule has 0 unspecified atom stereocenters. The molecule has 0 saturated heterocycles. The van der Waals surface area contributed by atoms with Crippen LogP contribution in [0.25, 0.3) is 0 Å². The molecule has 0 amide bonds. The Kier molecular flexibility index (Phi) is 3.24. The first-order valence-electron chi connectivity index (χ1n) is 2.94. The topological polar surface area (TPSA) is 57.5 Å². The Balaban J connectivity index is 3.50. The number of carboxylic acid groups (broad SMARTS) is 1. The summed E-state index contributed by atoms with van der Waals surface area (Å²) >= 11 is 0. The van der Waals surface area contributed by atoms with E-state index < -0.39 is 12.1 Å². The van der Waals surface area contributed by atoms with Gasteiger partial charge in [-0.1, -0.05) is 6.92 Å². The normalized spacial score (nSPS) is 16.8. The van der Waals surface area contributed by atoms with E-state index in [-0.39, 0.29) is 12.3 Å². The van der Waals surface area contributed by atoms with Crippen molar-refractivity contribution in [2.24, 2.45) is 5.92 Å². The first kappa shape index (κ1) is 8.43. The lowest BCUT2D eigenvalue weighted by atomic mass is 10.0. The Bertz CT molecular complexity index is 98.5. The zero-order chi connectivity index (χ0) is 7.44. The fourth-order valence-corrected chi connectivity index (χ4v) is 0.446. The van der Waals surface area contributed by atoms with Crippen LogP contribution in [-0.2, 0) is 4.79 Å². The van der Waals surface area contributed by atoms with Crippen LogP contribution in [0.2, 0.25) is 0 Å². The smallest absolute Gasteiger partial charge is 0.303 e. The zero-order valence-electron chi connectivity index (χ0n) is 5.66. The summed E-state index contributed by atoms with van der Waals surface area (Å²) in [5, 5.41) is 17.0. The molecule has 0 heterocycles. The first-order valence-corrected chi connectivity index (χ1v) is 2.94. The number of aliphatic hydroxyl groups is 1. The van der Waals surface area contributed by atoms with Crippen LogP contribution in [0.15, 0.2) is 0 Å². The fraction of sp³-hybridized carbons (Fsp3) is 0.833. The SMILES string of the molecule is C[C@H](CC(=O)O)[C@@H](C)O. The second-order valence-electron chi connectivity index (χ2n) is 2.32. The van der Waals surface area contributed by atoms with Gasteiger partial charge in [-0.2, -0.15) is 0 Å². The van der Waals surface area contributed by atoms with Gasteiger partial charge in [0.25, 0.3) is 0 Å². The summed E-state index contributed by atoms with van der Waals surface area (Å²) in [6.45, 7) is 3.30. The molecule has 0 aromatic carbocycles. The molecule has 2 N–H and O–H groups in total. The van der Waals surface area contributed by atoms with Gasteiger partial charge in [0, 0.05) is 0 Å². The molecule has 0 bridgehead atoms. The molecular weight excluding hydrogens is 120 g/mol. The number of hydrogen-bond donors (Lipinski definition) is 2. The zero-order valence-corrected chi connectivity index (χ0v) is 5.66. The van der Waals surface area contributed by atoms with Crippen LogP contribution in [0.5, 0.6) is 0 Å². The molecule has 3 heteroatoms. The summed E-state index contributed by atoms with van der Waals surface area (Å²) in [6.07, 6.45) is -0.487. The van der Waals surface area contributed by atoms with Crippen molar-refractivity contribution in [2.75, 3.05) is 0 Å². The van der Waals surface area contributed by atoms with Crippen LogP contribution in [0.1, 0.15) is 20.3 Å². The largest absolute Gasteiger partial charge is 0.481 e. The maximum Gasteiger partial charge on any atom is 0.303 e. The van der Waals surface area contributed by atoms with E-state index in [0.29, 0.717) is 0 Å². The maximum absolute atomic E-state index is 10.0. The molecule has 2 atom stereocenters. The second kappa shape index (κ2) is 3.45. The molecule has 0 aliphatic heterocycles. The van der Waals surface area contributed by atoms with Crippen LogP contribution >= 0.6 is 0 Å². The summed E-state index contributed by atoms with van der Waals surface area (Å²) in [5.41, 5.74) is 0. The van der Waals surface area contributed by atoms with Crippen LogP contribution in [0, 0.1) is 5.92 Å². The molecule has 54 valence electrons. The average Bonchev–Trinajstić information content (AvgIpc) is 1.63. The molecule has 0 aliphatic rings. The van der Waals surface area contributed by atoms with Crippen molar-refractivity contribution in [1.29, 1.82) is 0 Å². The highest BCUT2D eigenvalue weighted by Gasteiger charge is 2.11. The highest BCUT2D eigenvalue weighted by Crippen LogP contribution is 2.06. The van der Waals surface area contributed by atoms with Crippen molar-refractivity contribution < 1.29 is 15.0 Å². The Hall–Kier alpha value is -0.570. The first-order chi connectivity index (χ1) is 4.04. The van der Waals surface area contributed by atoms with Crippen molar-refractivity contribution in [3.63, 3.8) is 0 Å². The van der Waals surface area contributed by atoms with Gasteiger partial charge in [-0.25, -0.2) is 0 Å². The standard InChI is InChI=1S/C6H12O3/c1-4(5(2)7)3-6(8)9/h4-5,7H,3H2,1-2H3,(H,8,9)/t4-,5-/m1/s1. The van der Waals surface area contributed by atoms with Gasteiger partial charge < -0.3 is 10.2 Å². The van der Waals surface area contributed by atoms with Crippen molar-refractivity contribution in [1.82, 2.24) is 0 Å². The minimum atomic E-state index is -0.858. The van der Waals surface area contributed by atoms with Gasteiger partial charge in [-0.15, -0.1) is 0 Å². The molecule has 0 aromatic heterocycles. The lowest BCUT2D eigenvalue weighted by Gasteiger charge is -2.10. The van der Waals surface area contributed by atoms with E-state index in [4.69, 9.17) is 10.2 Å². The van der Waals surface area contributed by atoms with E-state index in [1.54, 1.807) is 13.8 Å². The monoisotopic (exact) mass is 132 g/mol. The molecule has 0 aromatic rings. The van der Waals surface area contributed by atoms with E-state index in [1.165, 1.54) is 0 Å². The minimum Gasteiger partial charge on any atom is -0.481 e. The molecule has 0 saturated carbocycles. The van der Waals surface area contributed by atoms with Crippen LogP contribution in [-0.4, -0.2) is 22.3 Å². The van der Waals surface area contributed by atoms with Crippen molar-refractivity contribution >= 4 is 5.97 Å². The predicted molar refractivity (Wildman–Crippen MR) is 33.1 cm³/mol. The summed E-state index contributed by atoms with van der Waals surface area (Å²) < 4.78 is 0. The van der Waals surface area contributed by atoms with E-state index in [2.05, 4.69) is 0 Å². The Morgan fingerprint density at radius 3 is 2.11 bits per heavy atom. The van der Waals surface area contributed by atoms with Gasteiger partial charge in [0.2, 0.25) is 0 Å². The number of aliphatic hydroxyl groups excluding tert-OH is 1. The summed E-state index contributed by atoms with van der Waals surface area (Å²) in [5.74, 6) is -1.01. The molecule has 9 heavy (non-hydrogen) atoms. The Labute approximate surface area is 54.3 Å². The molecule has 0 aliphatic carbocycles. The third-order valence-corrected chi connectivity index (χ3v) is 1.32. The number of carboxylic acids is 1. The van der Waals surface area contributed by atoms with Gasteiger partial charge in [0.05, 0.1) is 12.5 Å². The number of rotatable bonds is 3. The molecule has 0 fully saturated rings. The Morgan fingerprint density at radius 1 is 1.56 bits per heavy atom. The quantitative estimate of drug-likeness (QED) is 0.587. The lowest BCUT2D eigenvalue weighted by molar-refractivity contribution is -0.138. The van der Waals surface area contributed by atoms with Crippen molar-refractivity contribution in [2.45, 2.75) is 26.4 Å². The summed E-state index contributed by atoms with van der Waals surface area (Å²) in [7, 11) is 0. The van der Waals surface area contributed by atoms with E-state index in [0.717, 1.165) is 0 Å². The van der Waals surface area contributed by atoms with E-state index >= 15 is 0 Å². The molecule has 0 rings (SSSR count). The van der Waals surface area contributed by atoms with Gasteiger partial charge in [-0.3, -0.25) is 4.79 Å². The highest BCUT2D eigenvalue weighted by molar-refractivity contribution is 5.67. The second-order valence-corrected chi connectivity index (χ2v) is 2.32. The third kappa shape index (κ3) is 3.97. The Morgan fingerprint density at radius 2 is 2.00 bits per heavy atom. The third-order valence-electron chi connectivity index (χ3n) is 1.32. The van der Waals surface area contributed by atoms with Crippen LogP contribution < -0.4 is 0 Å². The van der Waals surface area contributed by atoms with Crippen molar-refractivity contribution in [3.8, 4) is 0 Å². The molecule has 0 spiro atoms. The van der Waals surface area contributed by atoms with Gasteiger partial charge in [0.1, 0.15) is 0 Å². The van der Waals surface area contributed by atoms with E-state index in [1.807, 2.05) is 0 Å². The number of hydrogen-bond acceptors (Lipinski definition) is 2. The lowest BCUT2D eigenvalue weighted by Crippen LogP contribution is -2.16. The molecule has 0 radical (unpaired) electrons. The van der Waals surface area contributed by atoms with Crippen LogP contribution in [0.4, 0.5) is 0 Å². The summed E-state index contributed by atoms with van der Waals surface area (Å²) in [6, 6.07) is 0. The average molecular weight is 132 g/mol.